The van der Waals surface area contributed by atoms with E-state index in [1.807, 2.05) is 49.5 Å². The minimum Gasteiger partial charge on any atom is -0.486 e. The number of ether oxygens (including phenoxy) is 1. The van der Waals surface area contributed by atoms with Crippen LogP contribution >= 0.6 is 0 Å². The predicted octanol–water partition coefficient (Wildman–Crippen LogP) is 3.19. The number of H-pyrrole nitrogens is 1. The van der Waals surface area contributed by atoms with Crippen LogP contribution in [0.3, 0.4) is 0 Å². The molecule has 0 spiro atoms. The number of hydrogen-bond acceptors (Lipinski definition) is 7. The molecular formula is C23H23N7O3S. The van der Waals surface area contributed by atoms with E-state index >= 15 is 0 Å². The number of nitrogens with one attached hydrogen (secondary N) is 1. The summed E-state index contributed by atoms with van der Waals surface area (Å²) in [5, 5.41) is 17.8. The van der Waals surface area contributed by atoms with Crippen molar-refractivity contribution in [2.45, 2.75) is 26.0 Å². The van der Waals surface area contributed by atoms with E-state index in [0.717, 1.165) is 38.8 Å². The van der Waals surface area contributed by atoms with Gasteiger partial charge in [-0.05, 0) is 37.6 Å². The predicted molar refractivity (Wildman–Crippen MR) is 128 cm³/mol. The number of primary sulfonamides is 1. The molecule has 1 atom stereocenters. The van der Waals surface area contributed by atoms with Crippen LogP contribution in [0.15, 0.2) is 61.2 Å². The quantitative estimate of drug-likeness (QED) is 0.349. The molecular weight excluding hydrogens is 454 g/mol. The molecule has 3 heterocycles. The minimum absolute atomic E-state index is 0.0886. The van der Waals surface area contributed by atoms with Crippen LogP contribution in [0.25, 0.3) is 33.2 Å². The lowest BCUT2D eigenvalue weighted by molar-refractivity contribution is 0.228. The molecule has 5 rings (SSSR count). The number of nitrogens with zero attached hydrogens (tertiary/aromatic N) is 5. The summed E-state index contributed by atoms with van der Waals surface area (Å²) in [7, 11) is -3.49. The van der Waals surface area contributed by atoms with Crippen LogP contribution in [0.4, 0.5) is 0 Å². The van der Waals surface area contributed by atoms with Gasteiger partial charge in [-0.3, -0.25) is 19.7 Å². The molecule has 11 heteroatoms. The molecule has 0 aliphatic heterocycles. The second-order valence-electron chi connectivity index (χ2n) is 8.02. The number of fused-ring (bicyclic) bond motifs is 2. The average molecular weight is 478 g/mol. The van der Waals surface area contributed by atoms with Gasteiger partial charge in [-0.25, -0.2) is 13.6 Å². The molecule has 0 saturated carbocycles. The van der Waals surface area contributed by atoms with Gasteiger partial charge in [0.15, 0.2) is 0 Å². The summed E-state index contributed by atoms with van der Waals surface area (Å²) in [5.41, 5.74) is 5.02. The highest BCUT2D eigenvalue weighted by atomic mass is 32.2. The number of benzene rings is 2. The molecule has 174 valence electrons. The maximum Gasteiger partial charge on any atom is 0.209 e. The molecule has 34 heavy (non-hydrogen) atoms. The average Bonchev–Trinajstić information content (AvgIpc) is 3.44. The Hall–Kier alpha value is -3.83. The maximum absolute atomic E-state index is 11.1. The summed E-state index contributed by atoms with van der Waals surface area (Å²) < 4.78 is 30.2. The fraction of sp³-hybridized carbons (Fsp3) is 0.217. The molecule has 0 amide bonds. The van der Waals surface area contributed by atoms with Crippen molar-refractivity contribution in [3.63, 3.8) is 0 Å². The second kappa shape index (κ2) is 8.84. The lowest BCUT2D eigenvalue weighted by Crippen LogP contribution is -2.17. The zero-order valence-corrected chi connectivity index (χ0v) is 19.2. The van der Waals surface area contributed by atoms with Gasteiger partial charge in [-0.1, -0.05) is 12.1 Å². The summed E-state index contributed by atoms with van der Waals surface area (Å²) in [6.07, 6.45) is 7.04. The smallest absolute Gasteiger partial charge is 0.209 e. The molecule has 0 aliphatic carbocycles. The van der Waals surface area contributed by atoms with Crippen LogP contribution in [0.2, 0.25) is 0 Å². The Labute approximate surface area is 195 Å². The Bertz CT molecular complexity index is 1570. The Kier molecular flexibility index (Phi) is 5.72. The number of aromatic nitrogens is 6. The summed E-state index contributed by atoms with van der Waals surface area (Å²) in [6.45, 7) is 2.42. The molecule has 2 aromatic carbocycles. The topological polar surface area (TPSA) is 142 Å². The molecule has 0 saturated heterocycles. The van der Waals surface area contributed by atoms with E-state index in [-0.39, 0.29) is 11.9 Å². The van der Waals surface area contributed by atoms with Gasteiger partial charge in [0.1, 0.15) is 17.5 Å². The fourth-order valence-corrected chi connectivity index (χ4v) is 4.46. The van der Waals surface area contributed by atoms with Crippen molar-refractivity contribution in [3.8, 4) is 17.0 Å². The monoisotopic (exact) mass is 477 g/mol. The molecule has 5 aromatic rings. The molecule has 3 N–H and O–H groups in total. The van der Waals surface area contributed by atoms with E-state index in [1.54, 1.807) is 23.3 Å². The van der Waals surface area contributed by atoms with E-state index in [0.29, 0.717) is 18.7 Å². The van der Waals surface area contributed by atoms with Crippen molar-refractivity contribution in [3.05, 3.63) is 66.7 Å². The number of para-hydroxylation sites is 1. The Morgan fingerprint density at radius 1 is 1.18 bits per heavy atom. The first-order valence-corrected chi connectivity index (χ1v) is 12.5. The molecule has 3 aromatic heterocycles. The minimum atomic E-state index is -3.49. The van der Waals surface area contributed by atoms with Crippen LogP contribution in [-0.2, 0) is 16.6 Å². The standard InChI is InChI=1S/C23H23N7O3S/c1-15(18-4-2-5-21-23(18)26-9-8-25-21)33-17-6-7-20-19(12-17)22(29-28-20)16-13-27-30(14-16)10-3-11-34(24,31)32/h2,4-9,12-15H,3,10-11H2,1H3,(H,28,29)(H2,24,31,32). The molecule has 1 unspecified atom stereocenters. The first-order chi connectivity index (χ1) is 16.4. The Morgan fingerprint density at radius 3 is 2.88 bits per heavy atom. The van der Waals surface area contributed by atoms with E-state index in [2.05, 4.69) is 25.3 Å². The van der Waals surface area contributed by atoms with Gasteiger partial charge in [0, 0.05) is 41.6 Å². The van der Waals surface area contributed by atoms with Gasteiger partial charge in [0.2, 0.25) is 10.0 Å². The third kappa shape index (κ3) is 4.61. The first-order valence-electron chi connectivity index (χ1n) is 10.7. The van der Waals surface area contributed by atoms with Crippen molar-refractivity contribution in [1.82, 2.24) is 29.9 Å². The van der Waals surface area contributed by atoms with Crippen LogP contribution < -0.4 is 9.88 Å². The normalized spacial score (nSPS) is 12.9. The molecule has 10 nitrogen and oxygen atoms in total. The Morgan fingerprint density at radius 2 is 2.03 bits per heavy atom. The van der Waals surface area contributed by atoms with Crippen molar-refractivity contribution in [2.75, 3.05) is 5.75 Å². The fourth-order valence-electron chi connectivity index (χ4n) is 3.93. The van der Waals surface area contributed by atoms with E-state index < -0.39 is 10.0 Å². The lowest BCUT2D eigenvalue weighted by atomic mass is 10.1. The summed E-state index contributed by atoms with van der Waals surface area (Å²) in [5.74, 6) is 0.610. The maximum atomic E-state index is 11.1. The highest BCUT2D eigenvalue weighted by Gasteiger charge is 2.15. The number of hydrogen-bond donors (Lipinski definition) is 2. The zero-order valence-electron chi connectivity index (χ0n) is 18.4. The van der Waals surface area contributed by atoms with Gasteiger partial charge in [0.05, 0.1) is 28.5 Å². The van der Waals surface area contributed by atoms with Crippen molar-refractivity contribution >= 4 is 32.0 Å². The number of aryl methyl sites for hydroxylation is 1. The number of sulfonamides is 1. The van der Waals surface area contributed by atoms with Crippen LogP contribution in [0.5, 0.6) is 5.75 Å². The third-order valence-electron chi connectivity index (χ3n) is 5.54. The molecule has 0 radical (unpaired) electrons. The second-order valence-corrected chi connectivity index (χ2v) is 9.76. The molecule has 0 aliphatic rings. The van der Waals surface area contributed by atoms with Gasteiger partial charge >= 0.3 is 0 Å². The third-order valence-corrected chi connectivity index (χ3v) is 6.40. The van der Waals surface area contributed by atoms with Crippen LogP contribution in [0, 0.1) is 0 Å². The molecule has 0 bridgehead atoms. The highest BCUT2D eigenvalue weighted by Crippen LogP contribution is 2.32. The zero-order chi connectivity index (χ0) is 23.7. The number of nitrogens with two attached hydrogens (primary N) is 1. The molecule has 0 fully saturated rings. The largest absolute Gasteiger partial charge is 0.486 e. The van der Waals surface area contributed by atoms with Crippen LogP contribution in [-0.4, -0.2) is 44.1 Å². The van der Waals surface area contributed by atoms with Crippen molar-refractivity contribution in [1.29, 1.82) is 0 Å². The highest BCUT2D eigenvalue weighted by molar-refractivity contribution is 7.89. The summed E-state index contributed by atoms with van der Waals surface area (Å²) in [4.78, 5) is 8.84. The van der Waals surface area contributed by atoms with Crippen molar-refractivity contribution < 1.29 is 13.2 Å². The first kappa shape index (κ1) is 22.0. The van der Waals surface area contributed by atoms with Gasteiger partial charge in [-0.2, -0.15) is 10.2 Å². The Balaban J connectivity index is 1.38. The summed E-state index contributed by atoms with van der Waals surface area (Å²) >= 11 is 0. The van der Waals surface area contributed by atoms with Crippen LogP contribution in [0.1, 0.15) is 25.0 Å². The van der Waals surface area contributed by atoms with E-state index in [1.165, 1.54) is 0 Å². The van der Waals surface area contributed by atoms with E-state index in [4.69, 9.17) is 9.88 Å². The van der Waals surface area contributed by atoms with Gasteiger partial charge in [-0.15, -0.1) is 0 Å². The number of rotatable bonds is 8. The van der Waals surface area contributed by atoms with E-state index in [9.17, 15) is 8.42 Å². The number of aromatic amines is 1. The SMILES string of the molecule is CC(Oc1ccc2[nH]nc(-c3cnn(CCCS(N)(=O)=O)c3)c2c1)c1cccc2nccnc12. The van der Waals surface area contributed by atoms with Gasteiger partial charge in [0.25, 0.3) is 0 Å². The van der Waals surface area contributed by atoms with Crippen molar-refractivity contribution in [2.24, 2.45) is 5.14 Å². The summed E-state index contributed by atoms with van der Waals surface area (Å²) in [6, 6.07) is 11.6. The van der Waals surface area contributed by atoms with Gasteiger partial charge < -0.3 is 4.74 Å². The lowest BCUT2D eigenvalue weighted by Gasteiger charge is -2.16.